The van der Waals surface area contributed by atoms with Crippen LogP contribution >= 0.6 is 15.9 Å². The lowest BCUT2D eigenvalue weighted by Gasteiger charge is -2.31. The van der Waals surface area contributed by atoms with Gasteiger partial charge in [0.15, 0.2) is 0 Å². The molecule has 1 heterocycles. The van der Waals surface area contributed by atoms with Crippen LogP contribution in [0.15, 0.2) is 53.0 Å². The van der Waals surface area contributed by atoms with Crippen LogP contribution in [0.5, 0.6) is 5.75 Å². The first-order valence-corrected chi connectivity index (χ1v) is 8.90. The van der Waals surface area contributed by atoms with Crippen LogP contribution in [0.25, 0.3) is 0 Å². The normalized spacial score (nSPS) is 15.4. The molecule has 2 N–H and O–H groups in total. The van der Waals surface area contributed by atoms with Crippen molar-refractivity contribution in [3.8, 4) is 5.75 Å². The standard InChI is InChI=1S/C19H21BrN2O2/c1-13(15-10-21-11-15)19(23)22-17-6-2-14(3-7-17)12-24-18-8-4-16(20)5-9-18/h2-9,13,15,21H,10-12H2,1H3,(H,22,23). The molecule has 1 unspecified atom stereocenters. The van der Waals surface area contributed by atoms with Crippen LogP contribution in [-0.2, 0) is 11.4 Å². The molecule has 126 valence electrons. The van der Waals surface area contributed by atoms with Crippen molar-refractivity contribution in [2.24, 2.45) is 11.8 Å². The van der Waals surface area contributed by atoms with E-state index in [0.717, 1.165) is 34.6 Å². The fourth-order valence-corrected chi connectivity index (χ4v) is 2.78. The molecule has 2 aromatic rings. The van der Waals surface area contributed by atoms with Crippen LogP contribution in [0.1, 0.15) is 12.5 Å². The minimum atomic E-state index is 0.0339. The Labute approximate surface area is 150 Å². The Morgan fingerprint density at radius 1 is 1.21 bits per heavy atom. The predicted molar refractivity (Wildman–Crippen MR) is 99.1 cm³/mol. The van der Waals surface area contributed by atoms with Gasteiger partial charge in [0.25, 0.3) is 0 Å². The van der Waals surface area contributed by atoms with Gasteiger partial charge in [-0.05, 0) is 61.0 Å². The largest absolute Gasteiger partial charge is 0.489 e. The number of amides is 1. The molecule has 3 rings (SSSR count). The molecule has 24 heavy (non-hydrogen) atoms. The SMILES string of the molecule is CC(C(=O)Nc1ccc(COc2ccc(Br)cc2)cc1)C1CNC1. The number of ether oxygens (including phenoxy) is 1. The topological polar surface area (TPSA) is 50.4 Å². The first-order valence-electron chi connectivity index (χ1n) is 8.11. The van der Waals surface area contributed by atoms with Crippen molar-refractivity contribution in [2.45, 2.75) is 13.5 Å². The van der Waals surface area contributed by atoms with Gasteiger partial charge < -0.3 is 15.4 Å². The van der Waals surface area contributed by atoms with Gasteiger partial charge in [-0.1, -0.05) is 35.0 Å². The van der Waals surface area contributed by atoms with Gasteiger partial charge in [0.1, 0.15) is 12.4 Å². The Kier molecular flexibility index (Phi) is 5.53. The van der Waals surface area contributed by atoms with Gasteiger partial charge in [0, 0.05) is 16.1 Å². The summed E-state index contributed by atoms with van der Waals surface area (Å²) in [4.78, 5) is 12.2. The quantitative estimate of drug-likeness (QED) is 0.790. The first-order chi connectivity index (χ1) is 11.6. The number of hydrogen-bond acceptors (Lipinski definition) is 3. The predicted octanol–water partition coefficient (Wildman–Crippen LogP) is 3.82. The molecule has 0 saturated carbocycles. The molecular formula is C19H21BrN2O2. The first kappa shape index (κ1) is 17.0. The molecular weight excluding hydrogens is 368 g/mol. The molecule has 1 amide bonds. The van der Waals surface area contributed by atoms with Crippen LogP contribution < -0.4 is 15.4 Å². The van der Waals surface area contributed by atoms with E-state index in [1.54, 1.807) is 0 Å². The molecule has 0 aromatic heterocycles. The van der Waals surface area contributed by atoms with E-state index in [2.05, 4.69) is 26.6 Å². The number of halogens is 1. The van der Waals surface area contributed by atoms with E-state index < -0.39 is 0 Å². The summed E-state index contributed by atoms with van der Waals surface area (Å²) in [5.41, 5.74) is 1.89. The number of rotatable bonds is 6. The van der Waals surface area contributed by atoms with E-state index in [-0.39, 0.29) is 11.8 Å². The average molecular weight is 389 g/mol. The van der Waals surface area contributed by atoms with Crippen LogP contribution in [-0.4, -0.2) is 19.0 Å². The molecule has 0 aliphatic carbocycles. The summed E-state index contributed by atoms with van der Waals surface area (Å²) in [6.45, 7) is 4.35. The molecule has 1 atom stereocenters. The van der Waals surface area contributed by atoms with Crippen molar-refractivity contribution < 1.29 is 9.53 Å². The maximum absolute atomic E-state index is 12.2. The van der Waals surface area contributed by atoms with Crippen molar-refractivity contribution in [2.75, 3.05) is 18.4 Å². The Hall–Kier alpha value is -1.85. The minimum Gasteiger partial charge on any atom is -0.489 e. The smallest absolute Gasteiger partial charge is 0.227 e. The monoisotopic (exact) mass is 388 g/mol. The fraction of sp³-hybridized carbons (Fsp3) is 0.316. The Morgan fingerprint density at radius 3 is 2.46 bits per heavy atom. The van der Waals surface area contributed by atoms with E-state index >= 15 is 0 Å². The number of carbonyl (C=O) groups excluding carboxylic acids is 1. The highest BCUT2D eigenvalue weighted by Crippen LogP contribution is 2.20. The highest BCUT2D eigenvalue weighted by molar-refractivity contribution is 9.10. The molecule has 2 aromatic carbocycles. The highest BCUT2D eigenvalue weighted by Gasteiger charge is 2.28. The second kappa shape index (κ2) is 7.81. The van der Waals surface area contributed by atoms with Crippen LogP contribution in [0.3, 0.4) is 0 Å². The third-order valence-corrected chi connectivity index (χ3v) is 4.90. The van der Waals surface area contributed by atoms with Gasteiger partial charge in [-0.3, -0.25) is 4.79 Å². The van der Waals surface area contributed by atoms with Gasteiger partial charge in [0.05, 0.1) is 0 Å². The fourth-order valence-electron chi connectivity index (χ4n) is 2.52. The summed E-state index contributed by atoms with van der Waals surface area (Å²) in [5.74, 6) is 1.40. The van der Waals surface area contributed by atoms with Gasteiger partial charge >= 0.3 is 0 Å². The molecule has 1 aliphatic heterocycles. The summed E-state index contributed by atoms with van der Waals surface area (Å²) < 4.78 is 6.77. The zero-order valence-corrected chi connectivity index (χ0v) is 15.2. The van der Waals surface area contributed by atoms with Crippen LogP contribution in [0.4, 0.5) is 5.69 Å². The Morgan fingerprint density at radius 2 is 1.88 bits per heavy atom. The van der Waals surface area contributed by atoms with Crippen LogP contribution in [0, 0.1) is 11.8 Å². The van der Waals surface area contributed by atoms with Crippen molar-refractivity contribution >= 4 is 27.5 Å². The zero-order chi connectivity index (χ0) is 16.9. The van der Waals surface area contributed by atoms with E-state index in [1.807, 2.05) is 55.5 Å². The highest BCUT2D eigenvalue weighted by atomic mass is 79.9. The summed E-state index contributed by atoms with van der Waals surface area (Å²) >= 11 is 3.40. The number of benzene rings is 2. The Balaban J connectivity index is 1.51. The van der Waals surface area contributed by atoms with Gasteiger partial charge in [-0.2, -0.15) is 0 Å². The second-order valence-electron chi connectivity index (χ2n) is 6.14. The van der Waals surface area contributed by atoms with E-state index in [0.29, 0.717) is 12.5 Å². The maximum atomic E-state index is 12.2. The number of anilines is 1. The molecule has 4 nitrogen and oxygen atoms in total. The Bertz CT molecular complexity index is 682. The summed E-state index contributed by atoms with van der Waals surface area (Å²) in [6.07, 6.45) is 0. The van der Waals surface area contributed by atoms with Gasteiger partial charge in [0.2, 0.25) is 5.91 Å². The molecule has 0 radical (unpaired) electrons. The van der Waals surface area contributed by atoms with Crippen molar-refractivity contribution in [1.82, 2.24) is 5.32 Å². The summed E-state index contributed by atoms with van der Waals surface area (Å²) in [6, 6.07) is 15.5. The van der Waals surface area contributed by atoms with E-state index in [4.69, 9.17) is 4.74 Å². The summed E-state index contributed by atoms with van der Waals surface area (Å²) in [7, 11) is 0. The maximum Gasteiger partial charge on any atom is 0.227 e. The minimum absolute atomic E-state index is 0.0339. The van der Waals surface area contributed by atoms with Gasteiger partial charge in [-0.15, -0.1) is 0 Å². The molecule has 0 spiro atoms. The molecule has 1 fully saturated rings. The zero-order valence-electron chi connectivity index (χ0n) is 13.6. The molecule has 1 aliphatic rings. The van der Waals surface area contributed by atoms with Crippen molar-refractivity contribution in [3.63, 3.8) is 0 Å². The number of nitrogens with one attached hydrogen (secondary N) is 2. The van der Waals surface area contributed by atoms with Crippen molar-refractivity contribution in [1.29, 1.82) is 0 Å². The lowest BCUT2D eigenvalue weighted by atomic mass is 9.88. The third-order valence-electron chi connectivity index (χ3n) is 4.37. The van der Waals surface area contributed by atoms with Crippen molar-refractivity contribution in [3.05, 3.63) is 58.6 Å². The third kappa shape index (κ3) is 4.36. The lowest BCUT2D eigenvalue weighted by molar-refractivity contribution is -0.121. The molecule has 1 saturated heterocycles. The molecule has 0 bridgehead atoms. The number of hydrogen-bond donors (Lipinski definition) is 2. The molecule has 5 heteroatoms. The van der Waals surface area contributed by atoms with Gasteiger partial charge in [-0.25, -0.2) is 0 Å². The lowest BCUT2D eigenvalue weighted by Crippen LogP contribution is -2.48. The second-order valence-corrected chi connectivity index (χ2v) is 7.05. The van der Waals surface area contributed by atoms with E-state index in [9.17, 15) is 4.79 Å². The van der Waals surface area contributed by atoms with Crippen LogP contribution in [0.2, 0.25) is 0 Å². The average Bonchev–Trinajstić information content (AvgIpc) is 2.54. The van der Waals surface area contributed by atoms with E-state index in [1.165, 1.54) is 0 Å². The number of carbonyl (C=O) groups is 1. The summed E-state index contributed by atoms with van der Waals surface area (Å²) in [5, 5.41) is 6.19.